The number of carbonyl (C=O) groups excluding carboxylic acids is 1. The number of anilines is 2. The average molecular weight is 251 g/mol. The quantitative estimate of drug-likeness (QED) is 0.781. The van der Waals surface area contributed by atoms with E-state index in [2.05, 4.69) is 20.1 Å². The molecule has 0 atom stereocenters. The minimum Gasteiger partial charge on any atom is -0.495 e. The Morgan fingerprint density at radius 3 is 3.00 bits per heavy atom. The van der Waals surface area contributed by atoms with Crippen LogP contribution in [0.3, 0.4) is 0 Å². The maximum Gasteiger partial charge on any atom is 0.259 e. The number of nitrogen functional groups attached to an aromatic ring is 1. The number of nitrogens with zero attached hydrogens (tertiary/aromatic N) is 3. The van der Waals surface area contributed by atoms with Crippen LogP contribution in [0.15, 0.2) is 18.2 Å². The molecule has 1 aromatic heterocycles. The molecule has 1 heterocycles. The standard InChI is InChI=1S/C9H9N5O2S/c1-16-6-4-2-3-5(7(6)10)8(15)11-9-12-13-14-17-9/h2-4H,10H2,1H3,(H,11,12,14,15). The van der Waals surface area contributed by atoms with Crippen molar-refractivity contribution in [3.8, 4) is 5.75 Å². The molecule has 3 N–H and O–H groups in total. The van der Waals surface area contributed by atoms with Gasteiger partial charge in [0.15, 0.2) is 0 Å². The van der Waals surface area contributed by atoms with E-state index in [0.717, 1.165) is 11.5 Å². The number of nitrogens with one attached hydrogen (secondary N) is 1. The topological polar surface area (TPSA) is 103 Å². The molecule has 2 aromatic rings. The van der Waals surface area contributed by atoms with Crippen molar-refractivity contribution in [1.82, 2.24) is 14.8 Å². The summed E-state index contributed by atoms with van der Waals surface area (Å²) in [4.78, 5) is 11.9. The molecular weight excluding hydrogens is 242 g/mol. The van der Waals surface area contributed by atoms with Crippen LogP contribution in [0.1, 0.15) is 10.4 Å². The number of aromatic nitrogens is 3. The van der Waals surface area contributed by atoms with E-state index in [4.69, 9.17) is 10.5 Å². The third-order valence-corrected chi connectivity index (χ3v) is 2.56. The lowest BCUT2D eigenvalue weighted by Crippen LogP contribution is -2.14. The summed E-state index contributed by atoms with van der Waals surface area (Å²) in [6, 6.07) is 4.96. The summed E-state index contributed by atoms with van der Waals surface area (Å²) in [6.07, 6.45) is 0. The molecule has 0 radical (unpaired) electrons. The van der Waals surface area contributed by atoms with E-state index >= 15 is 0 Å². The maximum absolute atomic E-state index is 11.9. The van der Waals surface area contributed by atoms with Crippen molar-refractivity contribution in [2.24, 2.45) is 0 Å². The largest absolute Gasteiger partial charge is 0.495 e. The zero-order valence-electron chi connectivity index (χ0n) is 8.88. The van der Waals surface area contributed by atoms with Gasteiger partial charge in [-0.3, -0.25) is 10.1 Å². The summed E-state index contributed by atoms with van der Waals surface area (Å²) >= 11 is 0.985. The van der Waals surface area contributed by atoms with Gasteiger partial charge >= 0.3 is 0 Å². The Balaban J connectivity index is 2.25. The van der Waals surface area contributed by atoms with Crippen LogP contribution in [0.2, 0.25) is 0 Å². The number of amides is 1. The molecule has 0 spiro atoms. The molecule has 0 bridgehead atoms. The first-order valence-electron chi connectivity index (χ1n) is 4.61. The predicted molar refractivity (Wildman–Crippen MR) is 63.1 cm³/mol. The fourth-order valence-electron chi connectivity index (χ4n) is 1.27. The molecule has 8 heteroatoms. The van der Waals surface area contributed by atoms with Gasteiger partial charge < -0.3 is 10.5 Å². The van der Waals surface area contributed by atoms with Crippen LogP contribution >= 0.6 is 11.5 Å². The van der Waals surface area contributed by atoms with Crippen molar-refractivity contribution in [2.75, 3.05) is 18.2 Å². The zero-order chi connectivity index (χ0) is 12.3. The van der Waals surface area contributed by atoms with Gasteiger partial charge in [0.25, 0.3) is 5.91 Å². The molecule has 88 valence electrons. The number of benzene rings is 1. The minimum absolute atomic E-state index is 0.282. The molecule has 2 rings (SSSR count). The van der Waals surface area contributed by atoms with Gasteiger partial charge in [-0.05, 0) is 17.3 Å². The van der Waals surface area contributed by atoms with Gasteiger partial charge in [-0.1, -0.05) is 15.7 Å². The van der Waals surface area contributed by atoms with Gasteiger partial charge in [-0.15, -0.1) is 0 Å². The third-order valence-electron chi connectivity index (χ3n) is 2.05. The van der Waals surface area contributed by atoms with Gasteiger partial charge in [-0.2, -0.15) is 0 Å². The van der Waals surface area contributed by atoms with E-state index in [-0.39, 0.29) is 11.6 Å². The van der Waals surface area contributed by atoms with Gasteiger partial charge in [0.2, 0.25) is 5.13 Å². The number of hydrogen-bond acceptors (Lipinski definition) is 7. The maximum atomic E-state index is 11.9. The summed E-state index contributed by atoms with van der Waals surface area (Å²) < 4.78 is 8.56. The second-order valence-corrected chi connectivity index (χ2v) is 3.78. The highest BCUT2D eigenvalue weighted by atomic mass is 32.1. The second kappa shape index (κ2) is 4.74. The Kier molecular flexibility index (Phi) is 3.15. The molecule has 0 aliphatic rings. The number of hydrogen-bond donors (Lipinski definition) is 2. The van der Waals surface area contributed by atoms with Crippen molar-refractivity contribution in [1.29, 1.82) is 0 Å². The number of carbonyl (C=O) groups is 1. The van der Waals surface area contributed by atoms with E-state index in [9.17, 15) is 4.79 Å². The van der Waals surface area contributed by atoms with Crippen molar-refractivity contribution in [3.05, 3.63) is 23.8 Å². The normalized spacial score (nSPS) is 9.94. The Bertz CT molecular complexity index is 528. The van der Waals surface area contributed by atoms with Crippen LogP contribution in [-0.4, -0.2) is 27.8 Å². The molecule has 0 aliphatic carbocycles. The van der Waals surface area contributed by atoms with E-state index in [1.165, 1.54) is 7.11 Å². The van der Waals surface area contributed by atoms with Gasteiger partial charge in [0, 0.05) is 11.5 Å². The van der Waals surface area contributed by atoms with Gasteiger partial charge in [0.1, 0.15) is 5.75 Å². The van der Waals surface area contributed by atoms with Crippen LogP contribution < -0.4 is 15.8 Å². The Labute approximate surface area is 101 Å². The van der Waals surface area contributed by atoms with E-state index in [0.29, 0.717) is 16.4 Å². The molecule has 0 fully saturated rings. The monoisotopic (exact) mass is 251 g/mol. The number of methoxy groups -OCH3 is 1. The molecule has 7 nitrogen and oxygen atoms in total. The molecule has 0 aliphatic heterocycles. The van der Waals surface area contributed by atoms with Crippen molar-refractivity contribution in [3.63, 3.8) is 0 Å². The minimum atomic E-state index is -0.375. The fourth-order valence-corrected chi connectivity index (χ4v) is 1.63. The smallest absolute Gasteiger partial charge is 0.259 e. The first-order chi connectivity index (χ1) is 8.22. The van der Waals surface area contributed by atoms with Crippen LogP contribution in [0.25, 0.3) is 0 Å². The lowest BCUT2D eigenvalue weighted by atomic mass is 10.1. The molecule has 1 aromatic carbocycles. The highest BCUT2D eigenvalue weighted by Crippen LogP contribution is 2.25. The molecular formula is C9H9N5O2S. The van der Waals surface area contributed by atoms with E-state index in [1.807, 2.05) is 0 Å². The summed E-state index contributed by atoms with van der Waals surface area (Å²) in [5, 5.41) is 9.84. The molecule has 17 heavy (non-hydrogen) atoms. The van der Waals surface area contributed by atoms with E-state index < -0.39 is 0 Å². The summed E-state index contributed by atoms with van der Waals surface area (Å²) in [7, 11) is 1.49. The van der Waals surface area contributed by atoms with Crippen LogP contribution in [0.4, 0.5) is 10.8 Å². The number of nitrogens with two attached hydrogens (primary N) is 1. The van der Waals surface area contributed by atoms with Crippen molar-refractivity contribution < 1.29 is 9.53 Å². The van der Waals surface area contributed by atoms with Crippen molar-refractivity contribution >= 4 is 28.3 Å². The molecule has 0 unspecified atom stereocenters. The fraction of sp³-hybridized carbons (Fsp3) is 0.111. The SMILES string of the molecule is COc1cccc(C(=O)Nc2nnns2)c1N. The average Bonchev–Trinajstić information content (AvgIpc) is 2.82. The van der Waals surface area contributed by atoms with Crippen molar-refractivity contribution in [2.45, 2.75) is 0 Å². The Morgan fingerprint density at radius 2 is 2.35 bits per heavy atom. The highest BCUT2D eigenvalue weighted by molar-refractivity contribution is 7.09. The number of para-hydroxylation sites is 1. The first kappa shape index (κ1) is 11.3. The lowest BCUT2D eigenvalue weighted by molar-refractivity contribution is 0.102. The Morgan fingerprint density at radius 1 is 1.53 bits per heavy atom. The lowest BCUT2D eigenvalue weighted by Gasteiger charge is -2.08. The highest BCUT2D eigenvalue weighted by Gasteiger charge is 2.14. The molecule has 0 saturated carbocycles. The van der Waals surface area contributed by atoms with Gasteiger partial charge in [-0.25, -0.2) is 0 Å². The number of ether oxygens (including phenoxy) is 1. The molecule has 1 amide bonds. The summed E-state index contributed by atoms with van der Waals surface area (Å²) in [6.45, 7) is 0. The predicted octanol–water partition coefficient (Wildman–Crippen LogP) is 0.776. The number of rotatable bonds is 3. The molecule has 0 saturated heterocycles. The first-order valence-corrected chi connectivity index (χ1v) is 5.38. The third kappa shape index (κ3) is 2.31. The van der Waals surface area contributed by atoms with Crippen LogP contribution in [0, 0.1) is 0 Å². The van der Waals surface area contributed by atoms with Crippen LogP contribution in [-0.2, 0) is 0 Å². The van der Waals surface area contributed by atoms with E-state index in [1.54, 1.807) is 18.2 Å². The zero-order valence-corrected chi connectivity index (χ0v) is 9.69. The summed E-state index contributed by atoms with van der Waals surface area (Å²) in [5.41, 5.74) is 6.39. The summed E-state index contributed by atoms with van der Waals surface area (Å²) in [5.74, 6) is 0.0768. The second-order valence-electron chi connectivity index (χ2n) is 3.04. The Hall–Kier alpha value is -2.22. The van der Waals surface area contributed by atoms with Crippen LogP contribution in [0.5, 0.6) is 5.75 Å². The van der Waals surface area contributed by atoms with Gasteiger partial charge in [0.05, 0.1) is 18.4 Å².